The van der Waals surface area contributed by atoms with E-state index in [1.165, 1.54) is 30.4 Å². The lowest BCUT2D eigenvalue weighted by molar-refractivity contribution is 0.103. The number of carbonyl (C=O) groups is 1. The summed E-state index contributed by atoms with van der Waals surface area (Å²) >= 11 is 0. The Balaban J connectivity index is 1.74. The average Bonchev–Trinajstić information content (AvgIpc) is 2.77. The van der Waals surface area contributed by atoms with Crippen molar-refractivity contribution in [1.82, 2.24) is 0 Å². The van der Waals surface area contributed by atoms with E-state index >= 15 is 0 Å². The highest BCUT2D eigenvalue weighted by molar-refractivity contribution is 6.10. The first-order chi connectivity index (χ1) is 13.7. The van der Waals surface area contributed by atoms with Crippen LogP contribution in [0.1, 0.15) is 61.0 Å². The van der Waals surface area contributed by atoms with Gasteiger partial charge in [-0.15, -0.1) is 0 Å². The summed E-state index contributed by atoms with van der Waals surface area (Å²) in [5, 5.41) is 0. The lowest BCUT2D eigenvalue weighted by Crippen LogP contribution is -2.06. The molecular weight excluding hydrogens is 340 g/mol. The van der Waals surface area contributed by atoms with Crippen molar-refractivity contribution in [2.45, 2.75) is 46.0 Å². The van der Waals surface area contributed by atoms with E-state index in [2.05, 4.69) is 32.0 Å². The molecular formula is C27H30O. The van der Waals surface area contributed by atoms with E-state index in [0.717, 1.165) is 35.4 Å². The molecule has 0 unspecified atom stereocenters. The fourth-order valence-corrected chi connectivity index (χ4v) is 3.84. The maximum absolute atomic E-state index is 13.1. The maximum atomic E-state index is 13.1. The normalized spacial score (nSPS) is 11.0. The second kappa shape index (κ2) is 10.0. The smallest absolute Gasteiger partial charge is 0.193 e. The molecule has 0 heterocycles. The molecule has 0 aromatic heterocycles. The summed E-state index contributed by atoms with van der Waals surface area (Å²) in [5.41, 5.74) is 5.08. The molecule has 0 aliphatic heterocycles. The van der Waals surface area contributed by atoms with E-state index in [-0.39, 0.29) is 5.78 Å². The number of rotatable bonds is 9. The SMILES string of the molecule is CCC(CC)CCCc1ccccc1C(=O)c1ccc(-c2ccccc2)cc1. The molecule has 0 aliphatic rings. The molecule has 0 atom stereocenters. The third kappa shape index (κ3) is 4.98. The predicted octanol–water partition coefficient (Wildman–Crippen LogP) is 7.34. The molecule has 0 saturated carbocycles. The average molecular weight is 371 g/mol. The van der Waals surface area contributed by atoms with Crippen molar-refractivity contribution in [3.05, 3.63) is 95.6 Å². The summed E-state index contributed by atoms with van der Waals surface area (Å²) in [6.45, 7) is 4.54. The third-order valence-electron chi connectivity index (χ3n) is 5.73. The zero-order chi connectivity index (χ0) is 19.8. The van der Waals surface area contributed by atoms with Gasteiger partial charge >= 0.3 is 0 Å². The Morgan fingerprint density at radius 1 is 0.750 bits per heavy atom. The molecule has 0 saturated heterocycles. The Hall–Kier alpha value is -2.67. The van der Waals surface area contributed by atoms with E-state index in [4.69, 9.17) is 0 Å². The van der Waals surface area contributed by atoms with Crippen molar-refractivity contribution in [3.63, 3.8) is 0 Å². The molecule has 1 heteroatoms. The second-order valence-electron chi connectivity index (χ2n) is 7.50. The summed E-state index contributed by atoms with van der Waals surface area (Å²) in [6.07, 6.45) is 5.83. The number of aryl methyl sites for hydroxylation is 1. The van der Waals surface area contributed by atoms with Gasteiger partial charge in [-0.3, -0.25) is 4.79 Å². The van der Waals surface area contributed by atoms with E-state index in [9.17, 15) is 4.79 Å². The molecule has 1 nitrogen and oxygen atoms in total. The van der Waals surface area contributed by atoms with Gasteiger partial charge in [0.2, 0.25) is 0 Å². The van der Waals surface area contributed by atoms with Crippen molar-refractivity contribution in [1.29, 1.82) is 0 Å². The van der Waals surface area contributed by atoms with Gasteiger partial charge in [-0.1, -0.05) is 112 Å². The number of benzene rings is 3. The van der Waals surface area contributed by atoms with Crippen molar-refractivity contribution in [2.75, 3.05) is 0 Å². The molecule has 0 aliphatic carbocycles. The molecule has 0 radical (unpaired) electrons. The zero-order valence-corrected chi connectivity index (χ0v) is 17.0. The van der Waals surface area contributed by atoms with Crippen LogP contribution < -0.4 is 0 Å². The van der Waals surface area contributed by atoms with Gasteiger partial charge in [0.1, 0.15) is 0 Å². The molecule has 3 rings (SSSR count). The third-order valence-corrected chi connectivity index (χ3v) is 5.73. The van der Waals surface area contributed by atoms with E-state index in [0.29, 0.717) is 0 Å². The van der Waals surface area contributed by atoms with Crippen LogP contribution in [0.25, 0.3) is 11.1 Å². The number of ketones is 1. The molecule has 3 aromatic rings. The molecule has 0 bridgehead atoms. The molecule has 144 valence electrons. The Bertz CT molecular complexity index is 874. The Morgan fingerprint density at radius 3 is 2.04 bits per heavy atom. The van der Waals surface area contributed by atoms with Gasteiger partial charge in [0.05, 0.1) is 0 Å². The minimum absolute atomic E-state index is 0.123. The van der Waals surface area contributed by atoms with E-state index in [1.54, 1.807) is 0 Å². The summed E-state index contributed by atoms with van der Waals surface area (Å²) in [7, 11) is 0. The van der Waals surface area contributed by atoms with Crippen LogP contribution in [0.4, 0.5) is 0 Å². The van der Waals surface area contributed by atoms with Crippen molar-refractivity contribution in [2.24, 2.45) is 5.92 Å². The van der Waals surface area contributed by atoms with Gasteiger partial charge in [0.25, 0.3) is 0 Å². The summed E-state index contributed by atoms with van der Waals surface area (Å²) < 4.78 is 0. The van der Waals surface area contributed by atoms with Crippen LogP contribution in [0, 0.1) is 5.92 Å². The maximum Gasteiger partial charge on any atom is 0.193 e. The Morgan fingerprint density at radius 2 is 1.36 bits per heavy atom. The lowest BCUT2D eigenvalue weighted by atomic mass is 9.91. The predicted molar refractivity (Wildman–Crippen MR) is 119 cm³/mol. The number of hydrogen-bond acceptors (Lipinski definition) is 1. The lowest BCUT2D eigenvalue weighted by Gasteiger charge is -2.13. The van der Waals surface area contributed by atoms with Gasteiger partial charge in [0.15, 0.2) is 5.78 Å². The molecule has 0 amide bonds. The quantitative estimate of drug-likeness (QED) is 0.360. The minimum Gasteiger partial charge on any atom is -0.289 e. The zero-order valence-electron chi connectivity index (χ0n) is 17.0. The summed E-state index contributed by atoms with van der Waals surface area (Å²) in [6, 6.07) is 26.3. The highest BCUT2D eigenvalue weighted by atomic mass is 16.1. The van der Waals surface area contributed by atoms with Crippen LogP contribution in [0.2, 0.25) is 0 Å². The van der Waals surface area contributed by atoms with Gasteiger partial charge in [-0.25, -0.2) is 0 Å². The molecule has 3 aromatic carbocycles. The topological polar surface area (TPSA) is 17.1 Å². The number of carbonyl (C=O) groups excluding carboxylic acids is 1. The van der Waals surface area contributed by atoms with Crippen molar-refractivity contribution < 1.29 is 4.79 Å². The van der Waals surface area contributed by atoms with Gasteiger partial charge in [0, 0.05) is 11.1 Å². The fourth-order valence-electron chi connectivity index (χ4n) is 3.84. The first kappa shape index (κ1) is 20.1. The fraction of sp³-hybridized carbons (Fsp3) is 0.296. The van der Waals surface area contributed by atoms with Crippen LogP contribution in [-0.4, -0.2) is 5.78 Å². The monoisotopic (exact) mass is 370 g/mol. The van der Waals surface area contributed by atoms with Crippen molar-refractivity contribution in [3.8, 4) is 11.1 Å². The van der Waals surface area contributed by atoms with Crippen LogP contribution in [0.3, 0.4) is 0 Å². The van der Waals surface area contributed by atoms with Crippen LogP contribution in [0.15, 0.2) is 78.9 Å². The van der Waals surface area contributed by atoms with Crippen LogP contribution in [0.5, 0.6) is 0 Å². The van der Waals surface area contributed by atoms with Gasteiger partial charge in [-0.05, 0) is 35.4 Å². The first-order valence-electron chi connectivity index (χ1n) is 10.5. The molecule has 0 spiro atoms. The van der Waals surface area contributed by atoms with Crippen LogP contribution in [-0.2, 0) is 6.42 Å². The first-order valence-corrected chi connectivity index (χ1v) is 10.5. The van der Waals surface area contributed by atoms with Crippen molar-refractivity contribution >= 4 is 5.78 Å². The standard InChI is InChI=1S/C27H30O/c1-3-21(4-2)11-10-15-24-14-8-9-16-26(24)27(28)25-19-17-23(18-20-25)22-12-6-5-7-13-22/h5-9,12-14,16-21H,3-4,10-11,15H2,1-2H3. The Labute approximate surface area is 169 Å². The summed E-state index contributed by atoms with van der Waals surface area (Å²) in [5.74, 6) is 0.922. The minimum atomic E-state index is 0.123. The summed E-state index contributed by atoms with van der Waals surface area (Å²) in [4.78, 5) is 13.1. The van der Waals surface area contributed by atoms with Gasteiger partial charge < -0.3 is 0 Å². The second-order valence-corrected chi connectivity index (χ2v) is 7.50. The van der Waals surface area contributed by atoms with Crippen LogP contribution >= 0.6 is 0 Å². The largest absolute Gasteiger partial charge is 0.289 e. The molecule has 28 heavy (non-hydrogen) atoms. The highest BCUT2D eigenvalue weighted by Gasteiger charge is 2.14. The molecule has 0 N–H and O–H groups in total. The van der Waals surface area contributed by atoms with Gasteiger partial charge in [-0.2, -0.15) is 0 Å². The van der Waals surface area contributed by atoms with E-state index in [1.807, 2.05) is 60.7 Å². The Kier molecular flexibility index (Phi) is 7.19. The number of hydrogen-bond donors (Lipinski definition) is 0. The van der Waals surface area contributed by atoms with E-state index < -0.39 is 0 Å². The molecule has 0 fully saturated rings. The highest BCUT2D eigenvalue weighted by Crippen LogP contribution is 2.23.